The minimum Gasteiger partial charge on any atom is -0.376 e. The van der Waals surface area contributed by atoms with Crippen LogP contribution in [0.1, 0.15) is 13.8 Å². The summed E-state index contributed by atoms with van der Waals surface area (Å²) >= 11 is 0. The van der Waals surface area contributed by atoms with E-state index in [-0.39, 0.29) is 11.9 Å². The number of rotatable bonds is 5. The van der Waals surface area contributed by atoms with Crippen molar-refractivity contribution in [1.82, 2.24) is 5.32 Å². The Kier molecular flexibility index (Phi) is 4.82. The Hall–Kier alpha value is -1.71. The van der Waals surface area contributed by atoms with Crippen LogP contribution < -0.4 is 15.5 Å². The van der Waals surface area contributed by atoms with Gasteiger partial charge in [0.2, 0.25) is 5.91 Å². The molecule has 0 aromatic heterocycles. The molecule has 4 heteroatoms. The zero-order valence-electron chi connectivity index (χ0n) is 10.9. The molecule has 0 aliphatic heterocycles. The number of para-hydroxylation sites is 2. The Morgan fingerprint density at radius 3 is 2.59 bits per heavy atom. The van der Waals surface area contributed by atoms with Gasteiger partial charge in [-0.15, -0.1) is 0 Å². The Morgan fingerprint density at radius 1 is 1.35 bits per heavy atom. The largest absolute Gasteiger partial charge is 0.376 e. The highest BCUT2D eigenvalue weighted by Crippen LogP contribution is 2.23. The van der Waals surface area contributed by atoms with Crippen molar-refractivity contribution in [3.63, 3.8) is 0 Å². The van der Waals surface area contributed by atoms with Crippen LogP contribution in [0.3, 0.4) is 0 Å². The maximum absolute atomic E-state index is 11.6. The van der Waals surface area contributed by atoms with E-state index in [1.54, 1.807) is 0 Å². The van der Waals surface area contributed by atoms with Gasteiger partial charge in [-0.25, -0.2) is 0 Å². The lowest BCUT2D eigenvalue weighted by atomic mass is 10.2. The highest BCUT2D eigenvalue weighted by atomic mass is 16.2. The molecule has 0 aliphatic rings. The lowest BCUT2D eigenvalue weighted by Crippen LogP contribution is -2.37. The third kappa shape index (κ3) is 3.66. The van der Waals surface area contributed by atoms with Gasteiger partial charge in [0.15, 0.2) is 0 Å². The second kappa shape index (κ2) is 6.13. The molecule has 0 aliphatic carbocycles. The molecule has 17 heavy (non-hydrogen) atoms. The van der Waals surface area contributed by atoms with Gasteiger partial charge in [0, 0.05) is 20.6 Å². The Labute approximate surface area is 103 Å². The topological polar surface area (TPSA) is 44.4 Å². The van der Waals surface area contributed by atoms with Crippen molar-refractivity contribution in [2.24, 2.45) is 0 Å². The van der Waals surface area contributed by atoms with Crippen molar-refractivity contribution in [2.45, 2.75) is 19.9 Å². The molecule has 1 amide bonds. The van der Waals surface area contributed by atoms with Crippen LogP contribution >= 0.6 is 0 Å². The molecule has 1 atom stereocenters. The van der Waals surface area contributed by atoms with Crippen molar-refractivity contribution >= 4 is 17.3 Å². The molecule has 4 nitrogen and oxygen atoms in total. The number of nitrogens with zero attached hydrogens (tertiary/aromatic N) is 1. The minimum atomic E-state index is -0.240. The molecule has 0 bridgehead atoms. The van der Waals surface area contributed by atoms with Gasteiger partial charge in [-0.1, -0.05) is 12.1 Å². The fourth-order valence-electron chi connectivity index (χ4n) is 1.61. The van der Waals surface area contributed by atoms with Gasteiger partial charge in [0.25, 0.3) is 0 Å². The molecule has 0 saturated carbocycles. The fourth-order valence-corrected chi connectivity index (χ4v) is 1.61. The molecule has 94 valence electrons. The smallest absolute Gasteiger partial charge is 0.242 e. The predicted octanol–water partition coefficient (Wildman–Crippen LogP) is 1.69. The van der Waals surface area contributed by atoms with Crippen LogP contribution in [0, 0.1) is 0 Å². The van der Waals surface area contributed by atoms with E-state index >= 15 is 0 Å². The maximum Gasteiger partial charge on any atom is 0.242 e. The summed E-state index contributed by atoms with van der Waals surface area (Å²) in [5, 5.41) is 6.02. The second-order valence-electron chi connectivity index (χ2n) is 4.17. The van der Waals surface area contributed by atoms with Gasteiger partial charge >= 0.3 is 0 Å². The number of hydrogen-bond acceptors (Lipinski definition) is 3. The highest BCUT2D eigenvalue weighted by molar-refractivity contribution is 5.85. The van der Waals surface area contributed by atoms with Crippen LogP contribution in [0.5, 0.6) is 0 Å². The van der Waals surface area contributed by atoms with Crippen LogP contribution in [0.15, 0.2) is 24.3 Å². The number of nitrogens with one attached hydrogen (secondary N) is 2. The first-order chi connectivity index (χ1) is 8.06. The lowest BCUT2D eigenvalue weighted by Gasteiger charge is -2.21. The van der Waals surface area contributed by atoms with Crippen LogP contribution in [0.2, 0.25) is 0 Å². The second-order valence-corrected chi connectivity index (χ2v) is 4.17. The normalized spacial score (nSPS) is 11.8. The van der Waals surface area contributed by atoms with E-state index in [0.29, 0.717) is 6.54 Å². The van der Waals surface area contributed by atoms with Gasteiger partial charge in [-0.3, -0.25) is 4.79 Å². The summed E-state index contributed by atoms with van der Waals surface area (Å²) in [6.45, 7) is 4.43. The van der Waals surface area contributed by atoms with E-state index in [1.165, 1.54) is 0 Å². The van der Waals surface area contributed by atoms with Gasteiger partial charge in [0.05, 0.1) is 11.4 Å². The SMILES string of the molecule is CCNC(=O)C(C)Nc1ccccc1N(C)C. The summed E-state index contributed by atoms with van der Waals surface area (Å²) in [7, 11) is 3.97. The number of likely N-dealkylation sites (N-methyl/N-ethyl adjacent to an activating group) is 1. The number of amides is 1. The average Bonchev–Trinajstić information content (AvgIpc) is 2.29. The lowest BCUT2D eigenvalue weighted by molar-refractivity contribution is -0.121. The van der Waals surface area contributed by atoms with Crippen molar-refractivity contribution in [3.8, 4) is 0 Å². The fraction of sp³-hybridized carbons (Fsp3) is 0.462. The maximum atomic E-state index is 11.6. The standard InChI is InChI=1S/C13H21N3O/c1-5-14-13(17)10(2)15-11-8-6-7-9-12(11)16(3)4/h6-10,15H,5H2,1-4H3,(H,14,17). The summed E-state index contributed by atoms with van der Waals surface area (Å²) in [5.74, 6) is 0.0149. The first kappa shape index (κ1) is 13.4. The zero-order valence-corrected chi connectivity index (χ0v) is 10.9. The van der Waals surface area contributed by atoms with Crippen molar-refractivity contribution in [2.75, 3.05) is 30.9 Å². The molecule has 1 unspecified atom stereocenters. The molecule has 1 rings (SSSR count). The Bertz CT molecular complexity index is 377. The highest BCUT2D eigenvalue weighted by Gasteiger charge is 2.13. The van der Waals surface area contributed by atoms with Gasteiger partial charge < -0.3 is 15.5 Å². The van der Waals surface area contributed by atoms with Crippen LogP contribution in [-0.2, 0) is 4.79 Å². The number of hydrogen-bond donors (Lipinski definition) is 2. The Balaban J connectivity index is 2.77. The number of carbonyl (C=O) groups excluding carboxylic acids is 1. The molecule has 0 heterocycles. The number of anilines is 2. The molecule has 1 aromatic carbocycles. The van der Waals surface area contributed by atoms with Gasteiger partial charge in [0.1, 0.15) is 6.04 Å². The van der Waals surface area contributed by atoms with Crippen LogP contribution in [0.4, 0.5) is 11.4 Å². The monoisotopic (exact) mass is 235 g/mol. The summed E-state index contributed by atoms with van der Waals surface area (Å²) in [6.07, 6.45) is 0. The molecule has 0 radical (unpaired) electrons. The Morgan fingerprint density at radius 2 is 2.00 bits per heavy atom. The van der Waals surface area contributed by atoms with E-state index in [1.807, 2.05) is 57.1 Å². The van der Waals surface area contributed by atoms with E-state index in [9.17, 15) is 4.79 Å². The van der Waals surface area contributed by atoms with Crippen molar-refractivity contribution in [3.05, 3.63) is 24.3 Å². The number of benzene rings is 1. The third-order valence-corrected chi connectivity index (χ3v) is 2.50. The van der Waals surface area contributed by atoms with Crippen LogP contribution in [-0.4, -0.2) is 32.6 Å². The molecule has 0 spiro atoms. The molecule has 1 aromatic rings. The van der Waals surface area contributed by atoms with Gasteiger partial charge in [-0.2, -0.15) is 0 Å². The first-order valence-electron chi connectivity index (χ1n) is 5.86. The third-order valence-electron chi connectivity index (χ3n) is 2.50. The van der Waals surface area contributed by atoms with E-state index < -0.39 is 0 Å². The average molecular weight is 235 g/mol. The summed E-state index contributed by atoms with van der Waals surface area (Å²) < 4.78 is 0. The summed E-state index contributed by atoms with van der Waals surface area (Å²) in [5.41, 5.74) is 2.04. The molecular weight excluding hydrogens is 214 g/mol. The minimum absolute atomic E-state index is 0.0149. The van der Waals surface area contributed by atoms with Crippen molar-refractivity contribution in [1.29, 1.82) is 0 Å². The number of carbonyl (C=O) groups is 1. The first-order valence-corrected chi connectivity index (χ1v) is 5.86. The summed E-state index contributed by atoms with van der Waals surface area (Å²) in [4.78, 5) is 13.7. The molecule has 2 N–H and O–H groups in total. The molecule has 0 saturated heterocycles. The molecular formula is C13H21N3O. The van der Waals surface area contributed by atoms with E-state index in [4.69, 9.17) is 0 Å². The van der Waals surface area contributed by atoms with Gasteiger partial charge in [-0.05, 0) is 26.0 Å². The van der Waals surface area contributed by atoms with E-state index in [0.717, 1.165) is 11.4 Å². The quantitative estimate of drug-likeness (QED) is 0.816. The van der Waals surface area contributed by atoms with E-state index in [2.05, 4.69) is 10.6 Å². The van der Waals surface area contributed by atoms with Crippen LogP contribution in [0.25, 0.3) is 0 Å². The van der Waals surface area contributed by atoms with Crippen molar-refractivity contribution < 1.29 is 4.79 Å². The molecule has 0 fully saturated rings. The zero-order chi connectivity index (χ0) is 12.8. The summed E-state index contributed by atoms with van der Waals surface area (Å²) in [6, 6.07) is 7.70. The predicted molar refractivity (Wildman–Crippen MR) is 72.5 cm³/mol.